The monoisotopic (exact) mass is 224 g/mol. The van der Waals surface area contributed by atoms with Crippen LogP contribution in [0.25, 0.3) is 0 Å². The number of nitrogens with one attached hydrogen (secondary N) is 1. The summed E-state index contributed by atoms with van der Waals surface area (Å²) in [6.07, 6.45) is 3.74. The van der Waals surface area contributed by atoms with Gasteiger partial charge in [0.25, 0.3) is 0 Å². The van der Waals surface area contributed by atoms with Crippen molar-refractivity contribution >= 4 is 11.6 Å². The Kier molecular flexibility index (Phi) is 2.76. The number of nitrogens with zero attached hydrogens (tertiary/aromatic N) is 3. The molecule has 1 amide bonds. The summed E-state index contributed by atoms with van der Waals surface area (Å²) in [5.41, 5.74) is 3.98. The normalized spacial score (nSPS) is 13.8. The number of benzene rings is 1. The molecule has 1 aromatic rings. The molecule has 82 valence electrons. The van der Waals surface area contributed by atoms with E-state index in [1.807, 2.05) is 12.1 Å². The van der Waals surface area contributed by atoms with Gasteiger partial charge in [0.15, 0.2) is 0 Å². The van der Waals surface area contributed by atoms with Gasteiger partial charge in [0.2, 0.25) is 5.91 Å². The van der Waals surface area contributed by atoms with Gasteiger partial charge in [-0.1, -0.05) is 6.08 Å². The number of carbonyl (C=O) groups excluding carboxylic acids is 1. The van der Waals surface area contributed by atoms with Gasteiger partial charge in [-0.25, -0.2) is 0 Å². The van der Waals surface area contributed by atoms with Gasteiger partial charge in [0, 0.05) is 12.6 Å². The lowest BCUT2D eigenvalue weighted by atomic mass is 10.1. The van der Waals surface area contributed by atoms with Crippen LogP contribution in [0.1, 0.15) is 17.5 Å². The van der Waals surface area contributed by atoms with Crippen LogP contribution >= 0.6 is 0 Å². The second-order valence-corrected chi connectivity index (χ2v) is 3.49. The second-order valence-electron chi connectivity index (χ2n) is 3.49. The SMILES string of the molecule is N#Cc1cc(C#N)cc(N2C=CCC(=O)N2)c1. The van der Waals surface area contributed by atoms with E-state index >= 15 is 0 Å². The summed E-state index contributed by atoms with van der Waals surface area (Å²) in [7, 11) is 0. The van der Waals surface area contributed by atoms with Crippen molar-refractivity contribution in [2.75, 3.05) is 5.01 Å². The fraction of sp³-hybridized carbons (Fsp3) is 0.0833. The first-order valence-corrected chi connectivity index (χ1v) is 4.93. The quantitative estimate of drug-likeness (QED) is 0.776. The van der Waals surface area contributed by atoms with Gasteiger partial charge in [-0.05, 0) is 18.2 Å². The summed E-state index contributed by atoms with van der Waals surface area (Å²) < 4.78 is 0. The zero-order chi connectivity index (χ0) is 12.3. The van der Waals surface area contributed by atoms with E-state index < -0.39 is 0 Å². The lowest BCUT2D eigenvalue weighted by Crippen LogP contribution is -2.40. The van der Waals surface area contributed by atoms with Crippen molar-refractivity contribution in [2.45, 2.75) is 6.42 Å². The van der Waals surface area contributed by atoms with Crippen LogP contribution in [0.2, 0.25) is 0 Å². The molecule has 1 aliphatic rings. The molecule has 0 atom stereocenters. The van der Waals surface area contributed by atoms with E-state index in [-0.39, 0.29) is 5.91 Å². The average molecular weight is 224 g/mol. The molecule has 0 aromatic heterocycles. The van der Waals surface area contributed by atoms with Crippen molar-refractivity contribution in [2.24, 2.45) is 0 Å². The number of carbonyl (C=O) groups is 1. The molecule has 17 heavy (non-hydrogen) atoms. The van der Waals surface area contributed by atoms with Crippen LogP contribution in [0.3, 0.4) is 0 Å². The molecule has 1 aromatic carbocycles. The predicted molar refractivity (Wildman–Crippen MR) is 60.3 cm³/mol. The van der Waals surface area contributed by atoms with E-state index in [9.17, 15) is 4.79 Å². The highest BCUT2D eigenvalue weighted by Crippen LogP contribution is 2.19. The lowest BCUT2D eigenvalue weighted by Gasteiger charge is -2.24. The Balaban J connectivity index is 2.42. The van der Waals surface area contributed by atoms with Crippen LogP contribution < -0.4 is 10.4 Å². The zero-order valence-corrected chi connectivity index (χ0v) is 8.84. The van der Waals surface area contributed by atoms with Crippen LogP contribution in [0.4, 0.5) is 5.69 Å². The summed E-state index contributed by atoms with van der Waals surface area (Å²) in [4.78, 5) is 11.2. The zero-order valence-electron chi connectivity index (χ0n) is 8.84. The molecule has 0 unspecified atom stereocenters. The number of rotatable bonds is 1. The second kappa shape index (κ2) is 4.38. The minimum absolute atomic E-state index is 0.131. The molecule has 0 saturated carbocycles. The van der Waals surface area contributed by atoms with E-state index in [4.69, 9.17) is 10.5 Å². The largest absolute Gasteiger partial charge is 0.273 e. The highest BCUT2D eigenvalue weighted by atomic mass is 16.2. The summed E-state index contributed by atoms with van der Waals surface area (Å²) in [5.74, 6) is -0.131. The Hall–Kier alpha value is -2.79. The first-order chi connectivity index (χ1) is 8.22. The van der Waals surface area contributed by atoms with Crippen LogP contribution in [-0.4, -0.2) is 5.91 Å². The van der Waals surface area contributed by atoms with Crippen molar-refractivity contribution < 1.29 is 4.79 Å². The van der Waals surface area contributed by atoms with E-state index in [0.29, 0.717) is 23.2 Å². The lowest BCUT2D eigenvalue weighted by molar-refractivity contribution is -0.120. The molecule has 0 saturated heterocycles. The van der Waals surface area contributed by atoms with Crippen LogP contribution in [0.5, 0.6) is 0 Å². The van der Waals surface area contributed by atoms with Crippen molar-refractivity contribution in [3.8, 4) is 12.1 Å². The first-order valence-electron chi connectivity index (χ1n) is 4.93. The molecule has 5 heteroatoms. The molecule has 0 aliphatic carbocycles. The Labute approximate surface area is 98.2 Å². The van der Waals surface area contributed by atoms with E-state index in [1.165, 1.54) is 11.1 Å². The molecule has 2 rings (SSSR count). The Morgan fingerprint density at radius 2 is 1.82 bits per heavy atom. The molecule has 1 aliphatic heterocycles. The highest BCUT2D eigenvalue weighted by molar-refractivity contribution is 5.81. The highest BCUT2D eigenvalue weighted by Gasteiger charge is 2.12. The molecule has 5 nitrogen and oxygen atoms in total. The van der Waals surface area contributed by atoms with Crippen LogP contribution in [0, 0.1) is 22.7 Å². The van der Waals surface area contributed by atoms with Crippen molar-refractivity contribution in [1.82, 2.24) is 5.43 Å². The third-order valence-corrected chi connectivity index (χ3v) is 2.26. The number of nitriles is 2. The average Bonchev–Trinajstić information content (AvgIpc) is 2.38. The standard InChI is InChI=1S/C12H8N4O/c13-7-9-4-10(8-14)6-11(5-9)16-3-1-2-12(17)15-16/h1,3-6H,2H2,(H,15,17). The Morgan fingerprint density at radius 1 is 1.18 bits per heavy atom. The number of amides is 1. The van der Waals surface area contributed by atoms with Gasteiger partial charge in [-0.15, -0.1) is 0 Å². The summed E-state index contributed by atoms with van der Waals surface area (Å²) in [6.45, 7) is 0. The van der Waals surface area contributed by atoms with E-state index in [0.717, 1.165) is 0 Å². The summed E-state index contributed by atoms with van der Waals surface area (Å²) in [5, 5.41) is 19.2. The molecule has 1 N–H and O–H groups in total. The molecule has 1 heterocycles. The van der Waals surface area contributed by atoms with Gasteiger partial charge >= 0.3 is 0 Å². The third-order valence-electron chi connectivity index (χ3n) is 2.26. The molecule has 0 radical (unpaired) electrons. The maximum atomic E-state index is 11.2. The van der Waals surface area contributed by atoms with Gasteiger partial charge in [-0.3, -0.25) is 15.2 Å². The van der Waals surface area contributed by atoms with Gasteiger partial charge in [0.1, 0.15) is 0 Å². The fourth-order valence-corrected chi connectivity index (χ4v) is 1.51. The van der Waals surface area contributed by atoms with E-state index in [1.54, 1.807) is 24.4 Å². The number of hydrazine groups is 1. The maximum Gasteiger partial charge on any atom is 0.242 e. The van der Waals surface area contributed by atoms with Crippen molar-refractivity contribution in [3.63, 3.8) is 0 Å². The fourth-order valence-electron chi connectivity index (χ4n) is 1.51. The molecular formula is C12H8N4O. The number of hydrogen-bond acceptors (Lipinski definition) is 4. The van der Waals surface area contributed by atoms with Crippen LogP contribution in [-0.2, 0) is 4.79 Å². The molecule has 0 fully saturated rings. The minimum Gasteiger partial charge on any atom is -0.273 e. The van der Waals surface area contributed by atoms with Crippen molar-refractivity contribution in [1.29, 1.82) is 10.5 Å². The number of anilines is 1. The van der Waals surface area contributed by atoms with Gasteiger partial charge in [0.05, 0.1) is 29.0 Å². The predicted octanol–water partition coefficient (Wildman–Crippen LogP) is 1.18. The van der Waals surface area contributed by atoms with Crippen molar-refractivity contribution in [3.05, 3.63) is 41.6 Å². The molecule has 0 bridgehead atoms. The number of hydrogen-bond donors (Lipinski definition) is 1. The molecule has 0 spiro atoms. The van der Waals surface area contributed by atoms with Gasteiger partial charge in [-0.2, -0.15) is 10.5 Å². The molecular weight excluding hydrogens is 216 g/mol. The minimum atomic E-state index is -0.131. The Bertz CT molecular complexity index is 545. The Morgan fingerprint density at radius 3 is 2.35 bits per heavy atom. The maximum absolute atomic E-state index is 11.2. The van der Waals surface area contributed by atoms with Crippen LogP contribution in [0.15, 0.2) is 30.5 Å². The topological polar surface area (TPSA) is 79.9 Å². The summed E-state index contributed by atoms with van der Waals surface area (Å²) in [6, 6.07) is 8.67. The first kappa shape index (κ1) is 10.7. The van der Waals surface area contributed by atoms with Gasteiger partial charge < -0.3 is 0 Å². The van der Waals surface area contributed by atoms with E-state index in [2.05, 4.69) is 5.43 Å². The third kappa shape index (κ3) is 2.24. The summed E-state index contributed by atoms with van der Waals surface area (Å²) >= 11 is 0. The smallest absolute Gasteiger partial charge is 0.242 e.